The minimum absolute atomic E-state index is 0.164. The van der Waals surface area contributed by atoms with Crippen LogP contribution in [-0.2, 0) is 16.0 Å². The van der Waals surface area contributed by atoms with E-state index in [2.05, 4.69) is 11.0 Å². The second-order valence-corrected chi connectivity index (χ2v) is 4.26. The highest BCUT2D eigenvalue weighted by Crippen LogP contribution is 2.12. The number of nitrogens with two attached hydrogens (primary N) is 1. The highest BCUT2D eigenvalue weighted by molar-refractivity contribution is 5.32. The summed E-state index contributed by atoms with van der Waals surface area (Å²) in [5.74, 6) is 5.37. The van der Waals surface area contributed by atoms with Crippen LogP contribution in [0.2, 0.25) is 0 Å². The van der Waals surface area contributed by atoms with Crippen LogP contribution in [0.15, 0.2) is 24.3 Å². The summed E-state index contributed by atoms with van der Waals surface area (Å²) in [6, 6.07) is 9.64. The first-order valence-electron chi connectivity index (χ1n) is 6.00. The molecule has 1 aliphatic rings. The fourth-order valence-corrected chi connectivity index (χ4v) is 2.10. The molecule has 1 fully saturated rings. The molecule has 0 radical (unpaired) electrons. The van der Waals surface area contributed by atoms with Crippen molar-refractivity contribution in [2.75, 3.05) is 26.3 Å². The fraction of sp³-hybridized carbons (Fsp3) is 0.462. The van der Waals surface area contributed by atoms with Crippen molar-refractivity contribution in [2.24, 2.45) is 5.90 Å². The molecule has 18 heavy (non-hydrogen) atoms. The van der Waals surface area contributed by atoms with Crippen molar-refractivity contribution in [1.82, 2.24) is 4.90 Å². The fourth-order valence-electron chi connectivity index (χ4n) is 2.10. The molecule has 0 bridgehead atoms. The summed E-state index contributed by atoms with van der Waals surface area (Å²) in [4.78, 5) is 7.21. The highest BCUT2D eigenvalue weighted by Gasteiger charge is 2.21. The summed E-state index contributed by atoms with van der Waals surface area (Å²) >= 11 is 0. The maximum atomic E-state index is 8.87. The standard InChI is InChI=1S/C13H17N3O2/c14-10-12-3-1-2-11(8-12)9-13(18-15)16-4-6-17-7-5-16/h1-3,8,13H,4-7,9,15H2. The Kier molecular flexibility index (Phi) is 4.67. The highest BCUT2D eigenvalue weighted by atomic mass is 16.6. The van der Waals surface area contributed by atoms with Gasteiger partial charge in [-0.05, 0) is 17.7 Å². The molecule has 1 saturated heterocycles. The van der Waals surface area contributed by atoms with Crippen molar-refractivity contribution in [3.63, 3.8) is 0 Å². The van der Waals surface area contributed by atoms with Crippen LogP contribution in [0.25, 0.3) is 0 Å². The van der Waals surface area contributed by atoms with Gasteiger partial charge >= 0.3 is 0 Å². The van der Waals surface area contributed by atoms with Gasteiger partial charge in [0.05, 0.1) is 24.8 Å². The normalized spacial score (nSPS) is 18.2. The van der Waals surface area contributed by atoms with Gasteiger partial charge < -0.3 is 4.74 Å². The molecule has 1 aromatic carbocycles. The molecule has 2 N–H and O–H groups in total. The maximum Gasteiger partial charge on any atom is 0.136 e. The van der Waals surface area contributed by atoms with Gasteiger partial charge in [0.2, 0.25) is 0 Å². The summed E-state index contributed by atoms with van der Waals surface area (Å²) in [6.45, 7) is 3.05. The Balaban J connectivity index is 2.02. The van der Waals surface area contributed by atoms with E-state index in [1.54, 1.807) is 6.07 Å². The van der Waals surface area contributed by atoms with Crippen molar-refractivity contribution < 1.29 is 9.57 Å². The van der Waals surface area contributed by atoms with Gasteiger partial charge in [0.1, 0.15) is 6.23 Å². The maximum absolute atomic E-state index is 8.87. The Bertz CT molecular complexity index is 424. The van der Waals surface area contributed by atoms with Crippen molar-refractivity contribution in [2.45, 2.75) is 12.6 Å². The molecule has 1 aromatic rings. The Morgan fingerprint density at radius 3 is 2.89 bits per heavy atom. The van der Waals surface area contributed by atoms with Crippen LogP contribution in [0.4, 0.5) is 0 Å². The number of nitriles is 1. The van der Waals surface area contributed by atoms with E-state index in [9.17, 15) is 0 Å². The molecule has 1 unspecified atom stereocenters. The molecule has 0 amide bonds. The zero-order chi connectivity index (χ0) is 12.8. The minimum atomic E-state index is -0.164. The average molecular weight is 247 g/mol. The van der Waals surface area contributed by atoms with Gasteiger partial charge in [-0.2, -0.15) is 5.26 Å². The third-order valence-corrected chi connectivity index (χ3v) is 3.08. The largest absolute Gasteiger partial charge is 0.379 e. The van der Waals surface area contributed by atoms with Crippen molar-refractivity contribution in [3.05, 3.63) is 35.4 Å². The summed E-state index contributed by atoms with van der Waals surface area (Å²) in [7, 11) is 0. The van der Waals surface area contributed by atoms with E-state index in [1.807, 2.05) is 18.2 Å². The van der Waals surface area contributed by atoms with Gasteiger partial charge in [-0.1, -0.05) is 12.1 Å². The lowest BCUT2D eigenvalue weighted by atomic mass is 10.1. The van der Waals surface area contributed by atoms with Crippen LogP contribution < -0.4 is 5.90 Å². The van der Waals surface area contributed by atoms with E-state index in [-0.39, 0.29) is 6.23 Å². The smallest absolute Gasteiger partial charge is 0.136 e. The molecule has 0 aliphatic carbocycles. The molecule has 5 nitrogen and oxygen atoms in total. The van der Waals surface area contributed by atoms with Gasteiger partial charge in [-0.15, -0.1) is 0 Å². The zero-order valence-corrected chi connectivity index (χ0v) is 10.2. The quantitative estimate of drug-likeness (QED) is 0.791. The van der Waals surface area contributed by atoms with E-state index in [4.69, 9.17) is 20.7 Å². The molecule has 1 heterocycles. The Labute approximate surface area is 107 Å². The number of ether oxygens (including phenoxy) is 1. The van der Waals surface area contributed by atoms with Crippen LogP contribution in [-0.4, -0.2) is 37.4 Å². The topological polar surface area (TPSA) is 71.5 Å². The number of benzene rings is 1. The molecule has 1 aliphatic heterocycles. The van der Waals surface area contributed by atoms with Gasteiger partial charge in [0.25, 0.3) is 0 Å². The average Bonchev–Trinajstić information content (AvgIpc) is 2.46. The summed E-state index contributed by atoms with van der Waals surface area (Å²) < 4.78 is 5.30. The lowest BCUT2D eigenvalue weighted by molar-refractivity contribution is -0.0972. The summed E-state index contributed by atoms with van der Waals surface area (Å²) in [6.07, 6.45) is 0.509. The van der Waals surface area contributed by atoms with Crippen molar-refractivity contribution >= 4 is 0 Å². The Morgan fingerprint density at radius 2 is 2.22 bits per heavy atom. The van der Waals surface area contributed by atoms with Gasteiger partial charge in [0.15, 0.2) is 0 Å². The molecular weight excluding hydrogens is 230 g/mol. The van der Waals surface area contributed by atoms with E-state index < -0.39 is 0 Å². The Hall–Kier alpha value is -1.45. The van der Waals surface area contributed by atoms with Crippen LogP contribution in [0.3, 0.4) is 0 Å². The number of hydrogen-bond acceptors (Lipinski definition) is 5. The predicted molar refractivity (Wildman–Crippen MR) is 66.3 cm³/mol. The van der Waals surface area contributed by atoms with Gasteiger partial charge in [-0.25, -0.2) is 5.90 Å². The first-order valence-corrected chi connectivity index (χ1v) is 6.00. The summed E-state index contributed by atoms with van der Waals surface area (Å²) in [5.41, 5.74) is 1.71. The van der Waals surface area contributed by atoms with E-state index in [1.165, 1.54) is 0 Å². The predicted octanol–water partition coefficient (Wildman–Crippen LogP) is 0.649. The molecule has 96 valence electrons. The third kappa shape index (κ3) is 3.28. The molecule has 1 atom stereocenters. The van der Waals surface area contributed by atoms with Crippen LogP contribution in [0.1, 0.15) is 11.1 Å². The number of morpholine rings is 1. The molecule has 5 heteroatoms. The molecule has 2 rings (SSSR count). The van der Waals surface area contributed by atoms with E-state index in [0.717, 1.165) is 18.7 Å². The molecule has 0 aromatic heterocycles. The van der Waals surface area contributed by atoms with Crippen LogP contribution in [0, 0.1) is 11.3 Å². The van der Waals surface area contributed by atoms with E-state index >= 15 is 0 Å². The second-order valence-electron chi connectivity index (χ2n) is 4.26. The van der Waals surface area contributed by atoms with Crippen LogP contribution in [0.5, 0.6) is 0 Å². The number of rotatable bonds is 4. The van der Waals surface area contributed by atoms with Crippen molar-refractivity contribution in [1.29, 1.82) is 5.26 Å². The zero-order valence-electron chi connectivity index (χ0n) is 10.2. The summed E-state index contributed by atoms with van der Waals surface area (Å²) in [5, 5.41) is 8.87. The number of nitrogens with zero attached hydrogens (tertiary/aromatic N) is 2. The van der Waals surface area contributed by atoms with Gasteiger partial charge in [-0.3, -0.25) is 9.74 Å². The SMILES string of the molecule is N#Cc1cccc(CC(ON)N2CCOCC2)c1. The molecular formula is C13H17N3O2. The number of hydrogen-bond donors (Lipinski definition) is 1. The Morgan fingerprint density at radius 1 is 1.44 bits per heavy atom. The second kappa shape index (κ2) is 6.47. The van der Waals surface area contributed by atoms with Crippen molar-refractivity contribution in [3.8, 4) is 6.07 Å². The third-order valence-electron chi connectivity index (χ3n) is 3.08. The van der Waals surface area contributed by atoms with Crippen LogP contribution >= 0.6 is 0 Å². The molecule has 0 spiro atoms. The minimum Gasteiger partial charge on any atom is -0.379 e. The first kappa shape index (κ1) is 13.0. The lowest BCUT2D eigenvalue weighted by Crippen LogP contribution is -2.46. The monoisotopic (exact) mass is 247 g/mol. The molecule has 0 saturated carbocycles. The van der Waals surface area contributed by atoms with Gasteiger partial charge in [0, 0.05) is 19.5 Å². The lowest BCUT2D eigenvalue weighted by Gasteiger charge is -2.32. The van der Waals surface area contributed by atoms with E-state index in [0.29, 0.717) is 25.2 Å². The first-order chi connectivity index (χ1) is 8.83.